The van der Waals surface area contributed by atoms with Gasteiger partial charge in [0, 0.05) is 26.0 Å². The van der Waals surface area contributed by atoms with Crippen LogP contribution < -0.4 is 5.32 Å². The molecule has 2 rings (SSSR count). The molecule has 0 saturated heterocycles. The number of amides is 1. The second kappa shape index (κ2) is 9.57. The molecule has 1 aromatic carbocycles. The minimum Gasteiger partial charge on any atom is -0.377 e. The van der Waals surface area contributed by atoms with Gasteiger partial charge in [-0.15, -0.1) is 11.3 Å². The van der Waals surface area contributed by atoms with Crippen molar-refractivity contribution in [3.8, 4) is 0 Å². The second-order valence-corrected chi connectivity index (χ2v) is 6.97. The number of hydrogen-bond donors (Lipinski definition) is 1. The van der Waals surface area contributed by atoms with Gasteiger partial charge in [0.25, 0.3) is 0 Å². The van der Waals surface area contributed by atoms with Crippen LogP contribution >= 0.6 is 22.9 Å². The van der Waals surface area contributed by atoms with Crippen LogP contribution in [0.2, 0.25) is 4.34 Å². The first-order valence-electron chi connectivity index (χ1n) is 7.79. The molecule has 2 aromatic rings. The van der Waals surface area contributed by atoms with Gasteiger partial charge in [0.2, 0.25) is 5.91 Å². The van der Waals surface area contributed by atoms with E-state index >= 15 is 0 Å². The molecule has 24 heavy (non-hydrogen) atoms. The van der Waals surface area contributed by atoms with E-state index in [0.717, 1.165) is 11.1 Å². The third kappa shape index (κ3) is 6.07. The van der Waals surface area contributed by atoms with E-state index in [4.69, 9.17) is 16.3 Å². The SMILES string of the molecule is CCOCc1ccc(CNC(=O)CCC(=O)c2ccc(Cl)s2)cc1. The van der Waals surface area contributed by atoms with Crippen molar-refractivity contribution in [2.45, 2.75) is 32.9 Å². The summed E-state index contributed by atoms with van der Waals surface area (Å²) in [6, 6.07) is 11.3. The summed E-state index contributed by atoms with van der Waals surface area (Å²) < 4.78 is 5.92. The number of hydrogen-bond acceptors (Lipinski definition) is 4. The number of carbonyl (C=O) groups excluding carboxylic acids is 2. The third-order valence-electron chi connectivity index (χ3n) is 3.41. The summed E-state index contributed by atoms with van der Waals surface area (Å²) in [6.45, 7) is 3.70. The van der Waals surface area contributed by atoms with Gasteiger partial charge >= 0.3 is 0 Å². The van der Waals surface area contributed by atoms with Crippen molar-refractivity contribution in [1.29, 1.82) is 0 Å². The highest BCUT2D eigenvalue weighted by Gasteiger charge is 2.11. The van der Waals surface area contributed by atoms with Gasteiger partial charge in [0.1, 0.15) is 0 Å². The van der Waals surface area contributed by atoms with E-state index in [1.165, 1.54) is 11.3 Å². The fourth-order valence-corrected chi connectivity index (χ4v) is 3.09. The number of Topliss-reactive ketones (excluding diaryl/α,β-unsaturated/α-hetero) is 1. The maximum atomic E-state index is 11.9. The molecule has 1 N–H and O–H groups in total. The van der Waals surface area contributed by atoms with Gasteiger partial charge < -0.3 is 10.1 Å². The topological polar surface area (TPSA) is 55.4 Å². The highest BCUT2D eigenvalue weighted by Crippen LogP contribution is 2.22. The first-order chi connectivity index (χ1) is 11.6. The Kier molecular flexibility index (Phi) is 7.43. The Morgan fingerprint density at radius 3 is 2.42 bits per heavy atom. The standard InChI is InChI=1S/C18H20ClNO3S/c1-2-23-12-14-5-3-13(4-6-14)11-20-18(22)10-7-15(21)16-8-9-17(19)24-16/h3-6,8-9H,2,7,10-12H2,1H3,(H,20,22). The zero-order chi connectivity index (χ0) is 17.4. The zero-order valence-corrected chi connectivity index (χ0v) is 15.1. The number of thiophene rings is 1. The Morgan fingerprint density at radius 2 is 1.79 bits per heavy atom. The molecule has 0 aliphatic heterocycles. The zero-order valence-electron chi connectivity index (χ0n) is 13.5. The van der Waals surface area contributed by atoms with E-state index in [9.17, 15) is 9.59 Å². The van der Waals surface area contributed by atoms with Crippen LogP contribution in [0.4, 0.5) is 0 Å². The number of carbonyl (C=O) groups is 2. The summed E-state index contributed by atoms with van der Waals surface area (Å²) in [7, 11) is 0. The molecule has 1 heterocycles. The molecule has 1 aromatic heterocycles. The Labute approximate surface area is 150 Å². The molecule has 0 aliphatic rings. The van der Waals surface area contributed by atoms with Crippen LogP contribution in [0.3, 0.4) is 0 Å². The van der Waals surface area contributed by atoms with Crippen LogP contribution in [0.25, 0.3) is 0 Å². The van der Waals surface area contributed by atoms with Crippen molar-refractivity contribution in [3.63, 3.8) is 0 Å². The monoisotopic (exact) mass is 365 g/mol. The number of halogens is 1. The minimum absolute atomic E-state index is 0.0534. The summed E-state index contributed by atoms with van der Waals surface area (Å²) in [5, 5.41) is 2.83. The number of rotatable bonds is 9. The molecular formula is C18H20ClNO3S. The molecule has 0 radical (unpaired) electrons. The smallest absolute Gasteiger partial charge is 0.220 e. The number of nitrogens with one attached hydrogen (secondary N) is 1. The van der Waals surface area contributed by atoms with Crippen molar-refractivity contribution in [2.24, 2.45) is 0 Å². The van der Waals surface area contributed by atoms with Gasteiger partial charge in [0.05, 0.1) is 15.8 Å². The average Bonchev–Trinajstić information content (AvgIpc) is 3.03. The van der Waals surface area contributed by atoms with Crippen LogP contribution in [0.5, 0.6) is 0 Å². The molecule has 0 atom stereocenters. The second-order valence-electron chi connectivity index (χ2n) is 5.26. The van der Waals surface area contributed by atoms with E-state index in [1.54, 1.807) is 12.1 Å². The summed E-state index contributed by atoms with van der Waals surface area (Å²) >= 11 is 7.04. The molecule has 4 nitrogen and oxygen atoms in total. The number of benzene rings is 1. The third-order valence-corrected chi connectivity index (χ3v) is 4.68. The van der Waals surface area contributed by atoms with Crippen molar-refractivity contribution >= 4 is 34.6 Å². The van der Waals surface area contributed by atoms with Crippen LogP contribution in [-0.4, -0.2) is 18.3 Å². The van der Waals surface area contributed by atoms with Crippen LogP contribution in [-0.2, 0) is 22.7 Å². The maximum absolute atomic E-state index is 11.9. The van der Waals surface area contributed by atoms with E-state index in [1.807, 2.05) is 31.2 Å². The molecule has 1 amide bonds. The van der Waals surface area contributed by atoms with E-state index in [2.05, 4.69) is 5.32 Å². The largest absolute Gasteiger partial charge is 0.377 e. The van der Waals surface area contributed by atoms with Crippen LogP contribution in [0.1, 0.15) is 40.6 Å². The molecule has 0 aliphatic carbocycles. The molecule has 0 fully saturated rings. The lowest BCUT2D eigenvalue weighted by Crippen LogP contribution is -2.23. The normalized spacial score (nSPS) is 10.6. The van der Waals surface area contributed by atoms with Gasteiger partial charge in [-0.3, -0.25) is 9.59 Å². The minimum atomic E-state index is -0.135. The molecule has 0 saturated carbocycles. The lowest BCUT2D eigenvalue weighted by molar-refractivity contribution is -0.121. The first kappa shape index (κ1) is 18.6. The Bertz CT molecular complexity index is 682. The summed E-state index contributed by atoms with van der Waals surface area (Å²) in [4.78, 5) is 24.4. The summed E-state index contributed by atoms with van der Waals surface area (Å²) in [5.74, 6) is -0.188. The summed E-state index contributed by atoms with van der Waals surface area (Å²) in [5.41, 5.74) is 2.12. The van der Waals surface area contributed by atoms with E-state index in [-0.39, 0.29) is 24.5 Å². The molecule has 0 unspecified atom stereocenters. The van der Waals surface area contributed by atoms with Gasteiger partial charge in [-0.1, -0.05) is 35.9 Å². The average molecular weight is 366 g/mol. The lowest BCUT2D eigenvalue weighted by Gasteiger charge is -2.06. The summed E-state index contributed by atoms with van der Waals surface area (Å²) in [6.07, 6.45) is 0.368. The molecule has 6 heteroatoms. The Morgan fingerprint density at radius 1 is 1.08 bits per heavy atom. The fourth-order valence-electron chi connectivity index (χ4n) is 2.08. The Balaban J connectivity index is 1.71. The van der Waals surface area contributed by atoms with Gasteiger partial charge in [-0.25, -0.2) is 0 Å². The van der Waals surface area contributed by atoms with Gasteiger partial charge in [-0.2, -0.15) is 0 Å². The van der Waals surface area contributed by atoms with Gasteiger partial charge in [-0.05, 0) is 30.2 Å². The van der Waals surface area contributed by atoms with Crippen LogP contribution in [0.15, 0.2) is 36.4 Å². The first-order valence-corrected chi connectivity index (χ1v) is 8.98. The Hall–Kier alpha value is -1.69. The maximum Gasteiger partial charge on any atom is 0.220 e. The highest BCUT2D eigenvalue weighted by molar-refractivity contribution is 7.18. The number of ether oxygens (including phenoxy) is 1. The van der Waals surface area contributed by atoms with Crippen molar-refractivity contribution in [3.05, 3.63) is 56.7 Å². The predicted octanol–water partition coefficient (Wildman–Crippen LogP) is 4.22. The molecule has 0 bridgehead atoms. The lowest BCUT2D eigenvalue weighted by atomic mass is 10.1. The van der Waals surface area contributed by atoms with Crippen molar-refractivity contribution in [1.82, 2.24) is 5.32 Å². The van der Waals surface area contributed by atoms with E-state index in [0.29, 0.717) is 29.0 Å². The van der Waals surface area contributed by atoms with E-state index < -0.39 is 0 Å². The fraction of sp³-hybridized carbons (Fsp3) is 0.333. The van der Waals surface area contributed by atoms with Crippen molar-refractivity contribution < 1.29 is 14.3 Å². The van der Waals surface area contributed by atoms with Crippen LogP contribution in [0, 0.1) is 0 Å². The molecule has 128 valence electrons. The van der Waals surface area contributed by atoms with Crippen molar-refractivity contribution in [2.75, 3.05) is 6.61 Å². The van der Waals surface area contributed by atoms with Gasteiger partial charge in [0.15, 0.2) is 5.78 Å². The number of ketones is 1. The predicted molar refractivity (Wildman–Crippen MR) is 96.5 cm³/mol. The quantitative estimate of drug-likeness (QED) is 0.677. The molecule has 0 spiro atoms. The highest BCUT2D eigenvalue weighted by atomic mass is 35.5. The molecular weight excluding hydrogens is 346 g/mol.